The van der Waals surface area contributed by atoms with Crippen LogP contribution in [0.15, 0.2) is 48.5 Å². The first-order chi connectivity index (χ1) is 10.2. The number of halogens is 1. The van der Waals surface area contributed by atoms with Crippen molar-refractivity contribution in [3.63, 3.8) is 0 Å². The molecule has 112 valence electrons. The molecule has 2 nitrogen and oxygen atoms in total. The predicted octanol–water partition coefficient (Wildman–Crippen LogP) is 4.58. The van der Waals surface area contributed by atoms with Crippen molar-refractivity contribution in [3.8, 4) is 5.75 Å². The van der Waals surface area contributed by atoms with Crippen molar-refractivity contribution in [2.24, 2.45) is 0 Å². The van der Waals surface area contributed by atoms with Gasteiger partial charge in [-0.15, -0.1) is 0 Å². The molecule has 0 saturated heterocycles. The third-order valence-electron chi connectivity index (χ3n) is 3.47. The zero-order valence-electron chi connectivity index (χ0n) is 12.6. The van der Waals surface area contributed by atoms with Gasteiger partial charge in [0.1, 0.15) is 5.75 Å². The van der Waals surface area contributed by atoms with Crippen molar-refractivity contribution < 1.29 is 4.74 Å². The molecule has 0 saturated carbocycles. The van der Waals surface area contributed by atoms with E-state index in [-0.39, 0.29) is 0 Å². The number of ether oxygens (including phenoxy) is 1. The molecular formula is C18H22INO. The summed E-state index contributed by atoms with van der Waals surface area (Å²) in [4.78, 5) is 0. The van der Waals surface area contributed by atoms with Gasteiger partial charge in [-0.05, 0) is 77.4 Å². The number of methoxy groups -OCH3 is 1. The van der Waals surface area contributed by atoms with Gasteiger partial charge in [-0.3, -0.25) is 0 Å². The van der Waals surface area contributed by atoms with E-state index in [1.807, 2.05) is 6.07 Å². The maximum Gasteiger partial charge on any atom is 0.119 e. The summed E-state index contributed by atoms with van der Waals surface area (Å²) in [5.41, 5.74) is 2.64. The Morgan fingerprint density at radius 1 is 1.14 bits per heavy atom. The van der Waals surface area contributed by atoms with E-state index in [4.69, 9.17) is 4.74 Å². The van der Waals surface area contributed by atoms with Crippen LogP contribution >= 0.6 is 22.6 Å². The first-order valence-electron chi connectivity index (χ1n) is 7.34. The lowest BCUT2D eigenvalue weighted by Crippen LogP contribution is -2.24. The number of benzene rings is 2. The smallest absolute Gasteiger partial charge is 0.119 e. The van der Waals surface area contributed by atoms with E-state index in [0.717, 1.165) is 25.1 Å². The first-order valence-corrected chi connectivity index (χ1v) is 8.42. The second-order valence-electron chi connectivity index (χ2n) is 5.12. The van der Waals surface area contributed by atoms with Gasteiger partial charge in [-0.25, -0.2) is 0 Å². The predicted molar refractivity (Wildman–Crippen MR) is 96.9 cm³/mol. The van der Waals surface area contributed by atoms with Gasteiger partial charge < -0.3 is 10.1 Å². The average Bonchev–Trinajstić information content (AvgIpc) is 2.51. The lowest BCUT2D eigenvalue weighted by atomic mass is 9.98. The third kappa shape index (κ3) is 5.00. The fourth-order valence-corrected chi connectivity index (χ4v) is 2.95. The van der Waals surface area contributed by atoms with Crippen LogP contribution in [-0.4, -0.2) is 13.7 Å². The number of hydrogen-bond acceptors (Lipinski definition) is 2. The Hall–Kier alpha value is -1.07. The average molecular weight is 395 g/mol. The zero-order chi connectivity index (χ0) is 15.1. The van der Waals surface area contributed by atoms with Crippen LogP contribution in [0.4, 0.5) is 0 Å². The molecular weight excluding hydrogens is 373 g/mol. The fourth-order valence-electron chi connectivity index (χ4n) is 2.38. The molecule has 0 aliphatic carbocycles. The van der Waals surface area contributed by atoms with E-state index >= 15 is 0 Å². The Morgan fingerprint density at radius 2 is 1.95 bits per heavy atom. The summed E-state index contributed by atoms with van der Waals surface area (Å²) in [5.74, 6) is 0.921. The molecule has 0 spiro atoms. The van der Waals surface area contributed by atoms with E-state index < -0.39 is 0 Å². The molecule has 0 aliphatic rings. The van der Waals surface area contributed by atoms with Crippen molar-refractivity contribution in [2.75, 3.05) is 13.7 Å². The largest absolute Gasteiger partial charge is 0.497 e. The highest BCUT2D eigenvalue weighted by Crippen LogP contribution is 2.22. The van der Waals surface area contributed by atoms with E-state index in [0.29, 0.717) is 6.04 Å². The normalized spacial score (nSPS) is 12.1. The molecule has 0 fully saturated rings. The van der Waals surface area contributed by atoms with Crippen molar-refractivity contribution in [2.45, 2.75) is 25.8 Å². The molecule has 0 bridgehead atoms. The van der Waals surface area contributed by atoms with E-state index in [9.17, 15) is 0 Å². The first kappa shape index (κ1) is 16.3. The highest BCUT2D eigenvalue weighted by atomic mass is 127. The fraction of sp³-hybridized carbons (Fsp3) is 0.333. The number of hydrogen-bond donors (Lipinski definition) is 1. The van der Waals surface area contributed by atoms with Crippen LogP contribution in [0.25, 0.3) is 0 Å². The molecule has 3 heteroatoms. The summed E-state index contributed by atoms with van der Waals surface area (Å²) in [6.07, 6.45) is 2.11. The quantitative estimate of drug-likeness (QED) is 0.693. The van der Waals surface area contributed by atoms with Crippen LogP contribution < -0.4 is 10.1 Å². The summed E-state index contributed by atoms with van der Waals surface area (Å²) in [7, 11) is 1.71. The summed E-state index contributed by atoms with van der Waals surface area (Å²) >= 11 is 2.37. The third-order valence-corrected chi connectivity index (χ3v) is 4.14. The highest BCUT2D eigenvalue weighted by Gasteiger charge is 2.12. The summed E-state index contributed by atoms with van der Waals surface area (Å²) < 4.78 is 6.60. The van der Waals surface area contributed by atoms with Crippen molar-refractivity contribution in [1.82, 2.24) is 5.32 Å². The minimum Gasteiger partial charge on any atom is -0.497 e. The minimum atomic E-state index is 0.340. The Kier molecular flexibility index (Phi) is 6.51. The molecule has 0 heterocycles. The molecule has 2 aromatic carbocycles. The van der Waals surface area contributed by atoms with E-state index in [2.05, 4.69) is 77.3 Å². The summed E-state index contributed by atoms with van der Waals surface area (Å²) in [6, 6.07) is 17.4. The summed E-state index contributed by atoms with van der Waals surface area (Å²) in [6.45, 7) is 3.23. The Morgan fingerprint density at radius 3 is 2.67 bits per heavy atom. The van der Waals surface area contributed by atoms with Gasteiger partial charge >= 0.3 is 0 Å². The lowest BCUT2D eigenvalue weighted by molar-refractivity contribution is 0.413. The molecule has 0 radical (unpaired) electrons. The Balaban J connectivity index is 2.19. The van der Waals surface area contributed by atoms with Gasteiger partial charge in [-0.1, -0.05) is 31.2 Å². The van der Waals surface area contributed by atoms with Crippen LogP contribution in [-0.2, 0) is 6.42 Å². The van der Waals surface area contributed by atoms with Crippen LogP contribution in [0.1, 0.15) is 30.5 Å². The molecule has 2 rings (SSSR count). The van der Waals surface area contributed by atoms with Gasteiger partial charge in [0, 0.05) is 9.61 Å². The van der Waals surface area contributed by atoms with E-state index in [1.54, 1.807) is 7.11 Å². The van der Waals surface area contributed by atoms with Gasteiger partial charge in [-0.2, -0.15) is 0 Å². The standard InChI is InChI=1S/C18H22INO/c1-3-10-20-18(15-7-5-8-16(19)13-15)12-14-6-4-9-17(11-14)21-2/h4-9,11,13,18,20H,3,10,12H2,1-2H3. The minimum absolute atomic E-state index is 0.340. The molecule has 2 aromatic rings. The maximum atomic E-state index is 5.32. The molecule has 0 amide bonds. The van der Waals surface area contributed by atoms with Gasteiger partial charge in [0.15, 0.2) is 0 Å². The molecule has 1 atom stereocenters. The van der Waals surface area contributed by atoms with Gasteiger partial charge in [0.2, 0.25) is 0 Å². The molecule has 1 N–H and O–H groups in total. The monoisotopic (exact) mass is 395 g/mol. The molecule has 1 unspecified atom stereocenters. The second-order valence-corrected chi connectivity index (χ2v) is 6.36. The van der Waals surface area contributed by atoms with Crippen molar-refractivity contribution >= 4 is 22.6 Å². The number of nitrogens with one attached hydrogen (secondary N) is 1. The van der Waals surface area contributed by atoms with Gasteiger partial charge in [0.05, 0.1) is 7.11 Å². The van der Waals surface area contributed by atoms with Crippen molar-refractivity contribution in [1.29, 1.82) is 0 Å². The summed E-state index contributed by atoms with van der Waals surface area (Å²) in [5, 5.41) is 3.65. The maximum absolute atomic E-state index is 5.32. The lowest BCUT2D eigenvalue weighted by Gasteiger charge is -2.20. The Labute approximate surface area is 141 Å². The topological polar surface area (TPSA) is 21.3 Å². The van der Waals surface area contributed by atoms with Gasteiger partial charge in [0.25, 0.3) is 0 Å². The van der Waals surface area contributed by atoms with Crippen LogP contribution in [0.3, 0.4) is 0 Å². The van der Waals surface area contributed by atoms with Crippen molar-refractivity contribution in [3.05, 3.63) is 63.2 Å². The second kappa shape index (κ2) is 8.39. The van der Waals surface area contributed by atoms with E-state index in [1.165, 1.54) is 14.7 Å². The highest BCUT2D eigenvalue weighted by molar-refractivity contribution is 14.1. The zero-order valence-corrected chi connectivity index (χ0v) is 14.8. The molecule has 0 aliphatic heterocycles. The van der Waals surface area contributed by atoms with Crippen LogP contribution in [0.2, 0.25) is 0 Å². The molecule has 21 heavy (non-hydrogen) atoms. The Bertz CT molecular complexity index is 571. The van der Waals surface area contributed by atoms with Crippen LogP contribution in [0.5, 0.6) is 5.75 Å². The SMILES string of the molecule is CCCNC(Cc1cccc(OC)c1)c1cccc(I)c1. The van der Waals surface area contributed by atoms with Crippen LogP contribution in [0, 0.1) is 3.57 Å². The molecule has 0 aromatic heterocycles. The number of rotatable bonds is 7.